The smallest absolute Gasteiger partial charge is 0.246 e. The monoisotopic (exact) mass is 381 g/mol. The van der Waals surface area contributed by atoms with Gasteiger partial charge in [0.15, 0.2) is 0 Å². The van der Waals surface area contributed by atoms with Crippen LogP contribution < -0.4 is 11.5 Å². The summed E-state index contributed by atoms with van der Waals surface area (Å²) in [6, 6.07) is 0.844. The number of nitrogens with zero attached hydrogens (tertiary/aromatic N) is 1. The molecule has 1 atom stereocenters. The normalized spacial score (nSPS) is 20.4. The number of halogens is 2. The average molecular weight is 382 g/mol. The highest BCUT2D eigenvalue weighted by Crippen LogP contribution is 2.30. The second-order valence-corrected chi connectivity index (χ2v) is 7.13. The van der Waals surface area contributed by atoms with E-state index >= 15 is 0 Å². The summed E-state index contributed by atoms with van der Waals surface area (Å²) in [5, 5.41) is 0. The first-order chi connectivity index (χ1) is 9.75. The van der Waals surface area contributed by atoms with Gasteiger partial charge in [-0.15, -0.1) is 0 Å². The molecular weight excluding hydrogens is 369 g/mol. The minimum Gasteiger partial charge on any atom is -0.398 e. The van der Waals surface area contributed by atoms with Gasteiger partial charge in [-0.05, 0) is 28.1 Å². The van der Waals surface area contributed by atoms with Gasteiger partial charge in [0.05, 0.1) is 23.4 Å². The molecule has 0 radical (unpaired) electrons. The van der Waals surface area contributed by atoms with Crippen molar-refractivity contribution in [2.24, 2.45) is 5.73 Å². The summed E-state index contributed by atoms with van der Waals surface area (Å²) in [7, 11) is -4.10. The molecule has 1 heterocycles. The van der Waals surface area contributed by atoms with Crippen LogP contribution in [-0.2, 0) is 19.6 Å². The van der Waals surface area contributed by atoms with E-state index in [0.29, 0.717) is 0 Å². The molecule has 116 valence electrons. The molecule has 7 nitrogen and oxygen atoms in total. The molecule has 0 aromatic heterocycles. The van der Waals surface area contributed by atoms with Crippen LogP contribution in [0.25, 0.3) is 0 Å². The Balaban J connectivity index is 2.50. The number of hydrogen-bond donors (Lipinski definition) is 2. The maximum absolute atomic E-state index is 13.4. The molecule has 4 N–H and O–H groups in total. The van der Waals surface area contributed by atoms with Crippen LogP contribution in [0, 0.1) is 5.82 Å². The third kappa shape index (κ3) is 3.03. The molecule has 1 amide bonds. The number of amides is 1. The number of carbonyl (C=O) groups excluding carboxylic acids is 1. The van der Waals surface area contributed by atoms with Gasteiger partial charge in [0.1, 0.15) is 16.8 Å². The molecule has 2 rings (SSSR count). The van der Waals surface area contributed by atoms with Crippen LogP contribution in [0.1, 0.15) is 0 Å². The topological polar surface area (TPSA) is 116 Å². The summed E-state index contributed by atoms with van der Waals surface area (Å²) in [5.41, 5.74) is 10.5. The molecule has 1 aromatic rings. The molecule has 0 spiro atoms. The number of morpholine rings is 1. The zero-order valence-corrected chi connectivity index (χ0v) is 13.2. The van der Waals surface area contributed by atoms with Crippen molar-refractivity contribution < 1.29 is 22.3 Å². The second-order valence-electron chi connectivity index (χ2n) is 4.41. The Labute approximate surface area is 129 Å². The van der Waals surface area contributed by atoms with Crippen LogP contribution in [-0.4, -0.2) is 44.4 Å². The molecule has 0 aliphatic carbocycles. The summed E-state index contributed by atoms with van der Waals surface area (Å²) < 4.78 is 44.6. The summed E-state index contributed by atoms with van der Waals surface area (Å²) in [4.78, 5) is 11.1. The first-order valence-electron chi connectivity index (χ1n) is 5.88. The molecule has 21 heavy (non-hydrogen) atoms. The number of sulfonamides is 1. The first-order valence-corrected chi connectivity index (χ1v) is 8.12. The summed E-state index contributed by atoms with van der Waals surface area (Å²) >= 11 is 2.91. The Morgan fingerprint density at radius 3 is 2.76 bits per heavy atom. The lowest BCUT2D eigenvalue weighted by Gasteiger charge is -2.32. The number of hydrogen-bond acceptors (Lipinski definition) is 5. The number of primary amides is 1. The van der Waals surface area contributed by atoms with E-state index in [-0.39, 0.29) is 34.8 Å². The van der Waals surface area contributed by atoms with Crippen LogP contribution in [0.2, 0.25) is 0 Å². The maximum atomic E-state index is 13.4. The van der Waals surface area contributed by atoms with E-state index in [1.807, 2.05) is 0 Å². The summed E-state index contributed by atoms with van der Waals surface area (Å²) in [6.45, 7) is -0.0352. The van der Waals surface area contributed by atoms with Crippen LogP contribution in [0.5, 0.6) is 0 Å². The van der Waals surface area contributed by atoms with Crippen molar-refractivity contribution in [2.45, 2.75) is 10.9 Å². The zero-order chi connectivity index (χ0) is 15.8. The Hall–Kier alpha value is -1.23. The Kier molecular flexibility index (Phi) is 4.51. The van der Waals surface area contributed by atoms with Crippen LogP contribution >= 0.6 is 15.9 Å². The van der Waals surface area contributed by atoms with E-state index in [0.717, 1.165) is 16.4 Å². The van der Waals surface area contributed by atoms with Gasteiger partial charge in [0, 0.05) is 6.54 Å². The van der Waals surface area contributed by atoms with Gasteiger partial charge in [0.25, 0.3) is 0 Å². The van der Waals surface area contributed by atoms with Gasteiger partial charge in [-0.1, -0.05) is 0 Å². The SMILES string of the molecule is NC(=O)C1COCCN1S(=O)(=O)c1cc(Br)c(F)cc1N. The standard InChI is InChI=1S/C11H13BrFN3O4S/c12-6-3-10(8(14)4-7(6)13)21(18,19)16-1-2-20-5-9(16)11(15)17/h3-4,9H,1-2,5,14H2,(H2,15,17). The maximum Gasteiger partial charge on any atom is 0.246 e. The Morgan fingerprint density at radius 2 is 2.14 bits per heavy atom. The largest absolute Gasteiger partial charge is 0.398 e. The number of benzene rings is 1. The highest BCUT2D eigenvalue weighted by atomic mass is 79.9. The molecule has 1 aromatic carbocycles. The van der Waals surface area contributed by atoms with Crippen molar-refractivity contribution >= 4 is 37.5 Å². The average Bonchev–Trinajstić information content (AvgIpc) is 2.42. The molecule has 1 saturated heterocycles. The predicted molar refractivity (Wildman–Crippen MR) is 76.2 cm³/mol. The fourth-order valence-corrected chi connectivity index (χ4v) is 4.18. The quantitative estimate of drug-likeness (QED) is 0.717. The minimum absolute atomic E-state index is 0.0373. The lowest BCUT2D eigenvalue weighted by molar-refractivity contribution is -0.125. The van der Waals surface area contributed by atoms with Gasteiger partial charge >= 0.3 is 0 Å². The highest BCUT2D eigenvalue weighted by molar-refractivity contribution is 9.10. The molecule has 1 unspecified atom stereocenters. The number of ether oxygens (including phenoxy) is 1. The highest BCUT2D eigenvalue weighted by Gasteiger charge is 2.38. The van der Waals surface area contributed by atoms with Gasteiger partial charge in [0.2, 0.25) is 15.9 Å². The summed E-state index contributed by atoms with van der Waals surface area (Å²) in [6.07, 6.45) is 0. The van der Waals surface area contributed by atoms with E-state index in [1.165, 1.54) is 0 Å². The number of anilines is 1. The Morgan fingerprint density at radius 1 is 1.48 bits per heavy atom. The van der Waals surface area contributed by atoms with Crippen molar-refractivity contribution in [2.75, 3.05) is 25.5 Å². The molecule has 0 bridgehead atoms. The van der Waals surface area contributed by atoms with Crippen molar-refractivity contribution in [3.05, 3.63) is 22.4 Å². The van der Waals surface area contributed by atoms with E-state index in [1.54, 1.807) is 0 Å². The fraction of sp³-hybridized carbons (Fsp3) is 0.364. The molecular formula is C11H13BrFN3O4S. The third-order valence-electron chi connectivity index (χ3n) is 3.05. The number of nitrogen functional groups attached to an aromatic ring is 1. The predicted octanol–water partition coefficient (Wildman–Crippen LogP) is 0.0452. The van der Waals surface area contributed by atoms with E-state index in [4.69, 9.17) is 16.2 Å². The van der Waals surface area contributed by atoms with Gasteiger partial charge < -0.3 is 16.2 Å². The Bertz CT molecular complexity index is 682. The fourth-order valence-electron chi connectivity index (χ4n) is 1.99. The summed E-state index contributed by atoms with van der Waals surface area (Å²) in [5.74, 6) is -1.50. The van der Waals surface area contributed by atoms with Gasteiger partial charge in [-0.3, -0.25) is 4.79 Å². The lowest BCUT2D eigenvalue weighted by Crippen LogP contribution is -2.54. The van der Waals surface area contributed by atoms with E-state index in [9.17, 15) is 17.6 Å². The van der Waals surface area contributed by atoms with Crippen molar-refractivity contribution in [1.29, 1.82) is 0 Å². The number of carbonyl (C=O) groups is 1. The first kappa shape index (κ1) is 16.1. The zero-order valence-electron chi connectivity index (χ0n) is 10.8. The van der Waals surface area contributed by atoms with Crippen LogP contribution in [0.3, 0.4) is 0 Å². The molecule has 10 heteroatoms. The minimum atomic E-state index is -4.10. The second kappa shape index (κ2) is 5.87. The third-order valence-corrected chi connectivity index (χ3v) is 5.62. The van der Waals surface area contributed by atoms with Gasteiger partial charge in [-0.2, -0.15) is 4.31 Å². The molecule has 1 aliphatic heterocycles. The molecule has 0 saturated carbocycles. The van der Waals surface area contributed by atoms with E-state index in [2.05, 4.69) is 15.9 Å². The van der Waals surface area contributed by atoms with Crippen LogP contribution in [0.15, 0.2) is 21.5 Å². The molecule has 1 fully saturated rings. The van der Waals surface area contributed by atoms with Crippen molar-refractivity contribution in [3.8, 4) is 0 Å². The molecule has 1 aliphatic rings. The van der Waals surface area contributed by atoms with Crippen molar-refractivity contribution in [3.63, 3.8) is 0 Å². The lowest BCUT2D eigenvalue weighted by atomic mass is 10.3. The van der Waals surface area contributed by atoms with E-state index < -0.39 is 27.8 Å². The van der Waals surface area contributed by atoms with Crippen LogP contribution in [0.4, 0.5) is 10.1 Å². The van der Waals surface area contributed by atoms with Gasteiger partial charge in [-0.25, -0.2) is 12.8 Å². The number of nitrogens with two attached hydrogens (primary N) is 2. The van der Waals surface area contributed by atoms with Crippen molar-refractivity contribution in [1.82, 2.24) is 4.31 Å². The number of rotatable bonds is 3.